The topological polar surface area (TPSA) is 71.6 Å². The van der Waals surface area contributed by atoms with Crippen LogP contribution in [0.4, 0.5) is 0 Å². The third-order valence-corrected chi connectivity index (χ3v) is 6.70. The highest BCUT2D eigenvalue weighted by Gasteiger charge is 2.16. The van der Waals surface area contributed by atoms with Gasteiger partial charge in [0.15, 0.2) is 5.65 Å². The minimum atomic E-state index is -0.0990. The monoisotopic (exact) mass is 457 g/mol. The smallest absolute Gasteiger partial charge is 0.276 e. The molecule has 7 nitrogen and oxygen atoms in total. The average Bonchev–Trinajstić information content (AvgIpc) is 3.35. The third kappa shape index (κ3) is 4.61. The minimum absolute atomic E-state index is 0.0776. The molecule has 0 radical (unpaired) electrons. The Morgan fingerprint density at radius 1 is 1.15 bits per heavy atom. The SMILES string of the molecule is C[C@H]1CCCN(CCCNC(=O)c2cccc(Cn3c(=O)c4cccn4c4cccnc43)c2)C1. The zero-order valence-electron chi connectivity index (χ0n) is 19.6. The normalized spacial score (nSPS) is 16.8. The van der Waals surface area contributed by atoms with E-state index in [1.54, 1.807) is 10.8 Å². The number of nitrogens with one attached hydrogen (secondary N) is 1. The van der Waals surface area contributed by atoms with Crippen LogP contribution in [0.25, 0.3) is 16.7 Å². The predicted molar refractivity (Wildman–Crippen MR) is 134 cm³/mol. The van der Waals surface area contributed by atoms with Crippen LogP contribution in [-0.2, 0) is 6.54 Å². The molecule has 1 fully saturated rings. The van der Waals surface area contributed by atoms with E-state index in [-0.39, 0.29) is 11.5 Å². The lowest BCUT2D eigenvalue weighted by Crippen LogP contribution is -2.36. The summed E-state index contributed by atoms with van der Waals surface area (Å²) in [5.74, 6) is 0.690. The number of hydrogen-bond acceptors (Lipinski definition) is 4. The number of benzene rings is 1. The molecule has 1 aliphatic rings. The average molecular weight is 458 g/mol. The summed E-state index contributed by atoms with van der Waals surface area (Å²) in [6.45, 7) is 6.67. The fourth-order valence-electron chi connectivity index (χ4n) is 5.02. The van der Waals surface area contributed by atoms with Crippen molar-refractivity contribution in [2.45, 2.75) is 32.7 Å². The van der Waals surface area contributed by atoms with Gasteiger partial charge in [0.2, 0.25) is 0 Å². The quantitative estimate of drug-likeness (QED) is 0.431. The van der Waals surface area contributed by atoms with E-state index in [9.17, 15) is 9.59 Å². The maximum atomic E-state index is 13.2. The molecule has 1 atom stereocenters. The maximum absolute atomic E-state index is 13.2. The Morgan fingerprint density at radius 2 is 2.03 bits per heavy atom. The minimum Gasteiger partial charge on any atom is -0.352 e. The van der Waals surface area contributed by atoms with Crippen LogP contribution in [0.1, 0.15) is 42.1 Å². The van der Waals surface area contributed by atoms with E-state index in [4.69, 9.17) is 0 Å². The molecule has 7 heteroatoms. The lowest BCUT2D eigenvalue weighted by molar-refractivity contribution is 0.0950. The van der Waals surface area contributed by atoms with Gasteiger partial charge in [0.05, 0.1) is 12.1 Å². The highest BCUT2D eigenvalue weighted by Crippen LogP contribution is 2.16. The van der Waals surface area contributed by atoms with Gasteiger partial charge in [0, 0.05) is 31.0 Å². The van der Waals surface area contributed by atoms with Crippen LogP contribution < -0.4 is 10.9 Å². The van der Waals surface area contributed by atoms with Gasteiger partial charge in [-0.2, -0.15) is 0 Å². The fraction of sp³-hybridized carbons (Fsp3) is 0.370. The molecule has 176 valence electrons. The number of likely N-dealkylation sites (tertiary alicyclic amines) is 1. The highest BCUT2D eigenvalue weighted by molar-refractivity contribution is 5.94. The largest absolute Gasteiger partial charge is 0.352 e. The van der Waals surface area contributed by atoms with Gasteiger partial charge in [-0.1, -0.05) is 19.1 Å². The molecule has 0 saturated carbocycles. The number of nitrogens with zero attached hydrogens (tertiary/aromatic N) is 4. The maximum Gasteiger partial charge on any atom is 0.276 e. The van der Waals surface area contributed by atoms with Gasteiger partial charge in [0.25, 0.3) is 11.5 Å². The number of rotatable bonds is 7. The number of amides is 1. The van der Waals surface area contributed by atoms with Crippen LogP contribution >= 0.6 is 0 Å². The van der Waals surface area contributed by atoms with Crippen molar-refractivity contribution in [1.82, 2.24) is 24.2 Å². The Kier molecular flexibility index (Phi) is 6.45. The van der Waals surface area contributed by atoms with Crippen molar-refractivity contribution in [1.29, 1.82) is 0 Å². The molecular formula is C27H31N5O2. The van der Waals surface area contributed by atoms with Gasteiger partial charge >= 0.3 is 0 Å². The molecule has 1 N–H and O–H groups in total. The molecule has 3 aromatic heterocycles. The molecule has 1 aromatic carbocycles. The van der Waals surface area contributed by atoms with Crippen molar-refractivity contribution in [2.75, 3.05) is 26.2 Å². The molecule has 1 aliphatic heterocycles. The van der Waals surface area contributed by atoms with Crippen molar-refractivity contribution < 1.29 is 4.79 Å². The first-order valence-corrected chi connectivity index (χ1v) is 12.1. The summed E-state index contributed by atoms with van der Waals surface area (Å²) in [7, 11) is 0. The predicted octanol–water partition coefficient (Wildman–Crippen LogP) is 3.55. The van der Waals surface area contributed by atoms with Gasteiger partial charge in [-0.05, 0) is 80.2 Å². The van der Waals surface area contributed by atoms with Crippen molar-refractivity contribution in [3.05, 3.63) is 82.4 Å². The van der Waals surface area contributed by atoms with E-state index in [1.807, 2.05) is 59.1 Å². The number of pyridine rings is 1. The fourth-order valence-corrected chi connectivity index (χ4v) is 5.02. The number of aromatic nitrogens is 3. The van der Waals surface area contributed by atoms with Crippen LogP contribution in [0.2, 0.25) is 0 Å². The summed E-state index contributed by atoms with van der Waals surface area (Å²) in [6.07, 6.45) is 7.11. The summed E-state index contributed by atoms with van der Waals surface area (Å²) < 4.78 is 3.55. The zero-order chi connectivity index (χ0) is 23.5. The van der Waals surface area contributed by atoms with E-state index < -0.39 is 0 Å². The summed E-state index contributed by atoms with van der Waals surface area (Å²) in [5, 5.41) is 3.05. The van der Waals surface area contributed by atoms with Gasteiger partial charge in [0.1, 0.15) is 5.52 Å². The second kappa shape index (κ2) is 9.81. The molecule has 1 saturated heterocycles. The Labute approximate surface area is 199 Å². The summed E-state index contributed by atoms with van der Waals surface area (Å²) in [6, 6.07) is 15.0. The van der Waals surface area contributed by atoms with E-state index in [0.717, 1.165) is 43.1 Å². The van der Waals surface area contributed by atoms with E-state index in [2.05, 4.69) is 22.1 Å². The number of carbonyl (C=O) groups is 1. The van der Waals surface area contributed by atoms with E-state index in [0.29, 0.717) is 29.8 Å². The van der Waals surface area contributed by atoms with Crippen LogP contribution in [0.5, 0.6) is 0 Å². The molecule has 4 aromatic rings. The molecule has 34 heavy (non-hydrogen) atoms. The summed E-state index contributed by atoms with van der Waals surface area (Å²) in [4.78, 5) is 32.9. The molecular weight excluding hydrogens is 426 g/mol. The van der Waals surface area contributed by atoms with Crippen LogP contribution in [0.15, 0.2) is 65.7 Å². The third-order valence-electron chi connectivity index (χ3n) is 6.70. The Balaban J connectivity index is 1.28. The Morgan fingerprint density at radius 3 is 2.91 bits per heavy atom. The van der Waals surface area contributed by atoms with Crippen LogP contribution in [-0.4, -0.2) is 50.9 Å². The van der Waals surface area contributed by atoms with Crippen LogP contribution in [0, 0.1) is 5.92 Å². The van der Waals surface area contributed by atoms with Gasteiger partial charge in [-0.25, -0.2) is 4.98 Å². The second-order valence-corrected chi connectivity index (χ2v) is 9.36. The number of fused-ring (bicyclic) bond motifs is 3. The Bertz CT molecular complexity index is 1370. The summed E-state index contributed by atoms with van der Waals surface area (Å²) >= 11 is 0. The van der Waals surface area contributed by atoms with Gasteiger partial charge in [-0.3, -0.25) is 14.2 Å². The molecule has 4 heterocycles. The lowest BCUT2D eigenvalue weighted by Gasteiger charge is -2.30. The van der Waals surface area contributed by atoms with Gasteiger partial charge in [-0.15, -0.1) is 0 Å². The molecule has 0 spiro atoms. The molecule has 0 unspecified atom stereocenters. The van der Waals surface area contributed by atoms with Crippen molar-refractivity contribution in [3.63, 3.8) is 0 Å². The Hall–Kier alpha value is -3.45. The first kappa shape index (κ1) is 22.3. The standard InChI is InChI=1S/C27H31N5O2/c1-20-7-4-14-30(18-20)15-6-13-29-26(33)22-9-2-8-21(17-22)19-32-25-23(10-3-12-28-25)31-16-5-11-24(31)27(32)34/h2-3,5,8-12,16-17,20H,4,6-7,13-15,18-19H2,1H3,(H,29,33)/t20-/m0/s1. The zero-order valence-corrected chi connectivity index (χ0v) is 19.6. The number of piperidine rings is 1. The first-order chi connectivity index (χ1) is 16.6. The summed E-state index contributed by atoms with van der Waals surface area (Å²) in [5.41, 5.74) is 3.51. The molecule has 5 rings (SSSR count). The van der Waals surface area contributed by atoms with Crippen molar-refractivity contribution in [2.24, 2.45) is 5.92 Å². The van der Waals surface area contributed by atoms with Crippen molar-refractivity contribution >= 4 is 22.6 Å². The lowest BCUT2D eigenvalue weighted by atomic mass is 10.0. The van der Waals surface area contributed by atoms with Crippen LogP contribution in [0.3, 0.4) is 0 Å². The highest BCUT2D eigenvalue weighted by atomic mass is 16.1. The molecule has 0 bridgehead atoms. The molecule has 0 aliphatic carbocycles. The van der Waals surface area contributed by atoms with E-state index >= 15 is 0 Å². The molecule has 1 amide bonds. The van der Waals surface area contributed by atoms with E-state index in [1.165, 1.54) is 12.8 Å². The number of carbonyl (C=O) groups excluding carboxylic acids is 1. The van der Waals surface area contributed by atoms with Crippen molar-refractivity contribution in [3.8, 4) is 0 Å². The number of hydrogen-bond donors (Lipinski definition) is 1. The second-order valence-electron chi connectivity index (χ2n) is 9.36. The van der Waals surface area contributed by atoms with Gasteiger partial charge < -0.3 is 14.6 Å². The first-order valence-electron chi connectivity index (χ1n) is 12.1.